The summed E-state index contributed by atoms with van der Waals surface area (Å²) in [4.78, 5) is 1.65. The van der Waals surface area contributed by atoms with Crippen LogP contribution in [0.15, 0.2) is 127 Å². The fraction of sp³-hybridized carbons (Fsp3) is 0.118. The summed E-state index contributed by atoms with van der Waals surface area (Å²) in [5.74, 6) is 0. The highest BCUT2D eigenvalue weighted by atomic mass is 32.2. The second kappa shape index (κ2) is 7.38. The molecule has 8 rings (SSSR count). The van der Waals surface area contributed by atoms with E-state index >= 15 is 4.21 Å². The van der Waals surface area contributed by atoms with E-state index in [2.05, 4.69) is 139 Å². The van der Waals surface area contributed by atoms with Gasteiger partial charge in [-0.05, 0) is 57.1 Å². The van der Waals surface area contributed by atoms with Crippen LogP contribution in [0.3, 0.4) is 0 Å². The molecule has 3 heteroatoms. The molecule has 2 atom stereocenters. The van der Waals surface area contributed by atoms with Crippen molar-refractivity contribution in [3.05, 3.63) is 155 Å². The Morgan fingerprint density at radius 2 is 0.919 bits per heavy atom. The van der Waals surface area contributed by atoms with E-state index in [-0.39, 0.29) is 6.04 Å². The number of benzene rings is 5. The molecule has 2 spiro atoms. The highest BCUT2D eigenvalue weighted by molar-refractivity contribution is 7.87. The molecule has 0 bridgehead atoms. The first kappa shape index (κ1) is 21.3. The van der Waals surface area contributed by atoms with Crippen molar-refractivity contribution in [1.82, 2.24) is 4.90 Å². The summed E-state index contributed by atoms with van der Waals surface area (Å²) in [6.45, 7) is 0. The summed E-state index contributed by atoms with van der Waals surface area (Å²) >= 11 is 0. The molecule has 1 heterocycles. The normalized spacial score (nSPS) is 21.5. The Morgan fingerprint density at radius 1 is 0.541 bits per heavy atom. The van der Waals surface area contributed by atoms with Gasteiger partial charge in [-0.1, -0.05) is 127 Å². The highest BCUT2D eigenvalue weighted by Crippen LogP contribution is 2.70. The Labute approximate surface area is 219 Å². The SMILES string of the molecule is CN1C(c2ccccc2)C2(c3ccccc3-c3ccccc32)S(=O)C12c1ccccc1-c1ccccc12. The van der Waals surface area contributed by atoms with Gasteiger partial charge in [-0.25, -0.2) is 0 Å². The van der Waals surface area contributed by atoms with Gasteiger partial charge in [-0.15, -0.1) is 0 Å². The van der Waals surface area contributed by atoms with Crippen LogP contribution in [-0.2, 0) is 20.4 Å². The zero-order valence-electron chi connectivity index (χ0n) is 20.5. The second-order valence-electron chi connectivity index (χ2n) is 10.3. The van der Waals surface area contributed by atoms with Crippen molar-refractivity contribution < 1.29 is 4.21 Å². The third-order valence-corrected chi connectivity index (χ3v) is 11.3. The zero-order valence-corrected chi connectivity index (χ0v) is 21.3. The third-order valence-electron chi connectivity index (χ3n) is 8.76. The van der Waals surface area contributed by atoms with Crippen molar-refractivity contribution >= 4 is 10.8 Å². The van der Waals surface area contributed by atoms with Gasteiger partial charge in [0, 0.05) is 0 Å². The minimum atomic E-state index is -1.37. The van der Waals surface area contributed by atoms with Crippen LogP contribution >= 0.6 is 0 Å². The molecular formula is C34H25NOS. The van der Waals surface area contributed by atoms with E-state index in [1.807, 2.05) is 0 Å². The summed E-state index contributed by atoms with van der Waals surface area (Å²) in [5.41, 5.74) is 10.5. The quantitative estimate of drug-likeness (QED) is 0.245. The number of hydrogen-bond acceptors (Lipinski definition) is 2. The van der Waals surface area contributed by atoms with Gasteiger partial charge in [-0.3, -0.25) is 9.11 Å². The minimum absolute atomic E-state index is 0.126. The van der Waals surface area contributed by atoms with Gasteiger partial charge in [-0.2, -0.15) is 0 Å². The average Bonchev–Trinajstić information content (AvgIpc) is 3.50. The van der Waals surface area contributed by atoms with Crippen LogP contribution in [0.2, 0.25) is 0 Å². The number of hydrogen-bond donors (Lipinski definition) is 0. The molecule has 3 aliphatic rings. The van der Waals surface area contributed by atoms with E-state index < -0.39 is 20.4 Å². The maximum atomic E-state index is 15.9. The molecule has 2 nitrogen and oxygen atoms in total. The van der Waals surface area contributed by atoms with E-state index in [1.54, 1.807) is 0 Å². The number of rotatable bonds is 1. The topological polar surface area (TPSA) is 20.3 Å². The van der Waals surface area contributed by atoms with Crippen molar-refractivity contribution in [2.24, 2.45) is 0 Å². The van der Waals surface area contributed by atoms with Crippen molar-refractivity contribution in [3.63, 3.8) is 0 Å². The van der Waals surface area contributed by atoms with Gasteiger partial charge in [0.2, 0.25) is 0 Å². The largest absolute Gasteiger partial charge is 0.273 e. The molecular weight excluding hydrogens is 470 g/mol. The molecule has 2 unspecified atom stereocenters. The molecule has 37 heavy (non-hydrogen) atoms. The number of likely N-dealkylation sites (N-methyl/N-ethyl adjacent to an activating group) is 1. The van der Waals surface area contributed by atoms with Crippen LogP contribution < -0.4 is 0 Å². The fourth-order valence-corrected chi connectivity index (χ4v) is 10.3. The van der Waals surface area contributed by atoms with Crippen LogP contribution in [0.5, 0.6) is 0 Å². The Morgan fingerprint density at radius 3 is 1.41 bits per heavy atom. The summed E-state index contributed by atoms with van der Waals surface area (Å²) in [6.07, 6.45) is 0. The molecule has 0 saturated carbocycles. The summed E-state index contributed by atoms with van der Waals surface area (Å²) < 4.78 is 15.1. The van der Waals surface area contributed by atoms with Crippen molar-refractivity contribution in [2.45, 2.75) is 15.7 Å². The van der Waals surface area contributed by atoms with E-state index in [4.69, 9.17) is 0 Å². The molecule has 1 fully saturated rings. The third kappa shape index (κ3) is 2.33. The molecule has 0 amide bonds. The molecule has 5 aromatic rings. The van der Waals surface area contributed by atoms with Crippen LogP contribution in [-0.4, -0.2) is 16.2 Å². The highest BCUT2D eigenvalue weighted by Gasteiger charge is 2.71. The first-order valence-electron chi connectivity index (χ1n) is 12.8. The Kier molecular flexibility index (Phi) is 4.25. The summed E-state index contributed by atoms with van der Waals surface area (Å²) in [7, 11) is 0.816. The molecule has 0 aromatic heterocycles. The lowest BCUT2D eigenvalue weighted by Crippen LogP contribution is -2.41. The van der Waals surface area contributed by atoms with Gasteiger partial charge in [0.25, 0.3) is 0 Å². The predicted molar refractivity (Wildman–Crippen MR) is 150 cm³/mol. The first-order valence-corrected chi connectivity index (χ1v) is 14.0. The second-order valence-corrected chi connectivity index (χ2v) is 12.0. The average molecular weight is 496 g/mol. The number of fused-ring (bicyclic) bond motifs is 10. The van der Waals surface area contributed by atoms with Gasteiger partial charge in [0.1, 0.15) is 4.75 Å². The van der Waals surface area contributed by atoms with Crippen molar-refractivity contribution in [3.8, 4) is 22.3 Å². The fourth-order valence-electron chi connectivity index (χ4n) is 7.49. The van der Waals surface area contributed by atoms with Crippen LogP contribution in [0.25, 0.3) is 22.3 Å². The van der Waals surface area contributed by atoms with Gasteiger partial charge >= 0.3 is 0 Å². The van der Waals surface area contributed by atoms with Gasteiger partial charge in [0.15, 0.2) is 4.87 Å². The number of nitrogens with zero attached hydrogens (tertiary/aromatic N) is 1. The smallest absolute Gasteiger partial charge is 0.151 e. The Balaban J connectivity index is 1.56. The maximum absolute atomic E-state index is 15.9. The van der Waals surface area contributed by atoms with Gasteiger partial charge in [0.05, 0.1) is 16.8 Å². The zero-order chi connectivity index (χ0) is 24.8. The van der Waals surface area contributed by atoms with Crippen LogP contribution in [0.4, 0.5) is 0 Å². The minimum Gasteiger partial charge on any atom is -0.273 e. The van der Waals surface area contributed by atoms with Crippen molar-refractivity contribution in [1.29, 1.82) is 0 Å². The Bertz CT molecular complexity index is 1650. The predicted octanol–water partition coefficient (Wildman–Crippen LogP) is 7.23. The van der Waals surface area contributed by atoms with E-state index in [9.17, 15) is 0 Å². The van der Waals surface area contributed by atoms with E-state index in [0.29, 0.717) is 0 Å². The lowest BCUT2D eigenvalue weighted by Gasteiger charge is -2.36. The van der Waals surface area contributed by atoms with Gasteiger partial charge < -0.3 is 0 Å². The summed E-state index contributed by atoms with van der Waals surface area (Å²) in [6, 6.07) is 44.9. The molecule has 2 aliphatic carbocycles. The van der Waals surface area contributed by atoms with E-state index in [1.165, 1.54) is 27.8 Å². The molecule has 5 aromatic carbocycles. The molecule has 178 valence electrons. The van der Waals surface area contributed by atoms with Crippen LogP contribution in [0, 0.1) is 0 Å². The monoisotopic (exact) mass is 495 g/mol. The van der Waals surface area contributed by atoms with Crippen molar-refractivity contribution in [2.75, 3.05) is 7.05 Å². The summed E-state index contributed by atoms with van der Waals surface area (Å²) in [5, 5.41) is 0. The first-order chi connectivity index (χ1) is 18.2. The molecule has 1 saturated heterocycles. The van der Waals surface area contributed by atoms with E-state index in [0.717, 1.165) is 22.3 Å². The maximum Gasteiger partial charge on any atom is 0.151 e. The molecule has 0 radical (unpaired) electrons. The lowest BCUT2D eigenvalue weighted by molar-refractivity contribution is 0.182. The molecule has 1 aliphatic heterocycles. The lowest BCUT2D eigenvalue weighted by atomic mass is 9.82. The Hall–Kier alpha value is -3.79. The standard InChI is InChI=1S/C34H25NOS/c1-35-32(23-13-3-2-4-14-23)33(28-19-9-5-15-24(28)25-16-6-10-20-29(25)33)37(36)34(35)30-21-11-7-17-26(30)27-18-8-12-22-31(27)34/h2-22,32H,1H3. The van der Waals surface area contributed by atoms with Crippen LogP contribution in [0.1, 0.15) is 33.9 Å². The molecule has 0 N–H and O–H groups in total.